The van der Waals surface area contributed by atoms with Crippen molar-refractivity contribution in [3.05, 3.63) is 22.6 Å². The molecule has 2 heterocycles. The fourth-order valence-corrected chi connectivity index (χ4v) is 2.50. The Morgan fingerprint density at radius 1 is 1.32 bits per heavy atom. The van der Waals surface area contributed by atoms with Gasteiger partial charge in [0.2, 0.25) is 0 Å². The zero-order valence-electron chi connectivity index (χ0n) is 10.9. The lowest BCUT2D eigenvalue weighted by atomic mass is 10.3. The lowest BCUT2D eigenvalue weighted by Crippen LogP contribution is -2.25. The van der Waals surface area contributed by atoms with Crippen LogP contribution in [0.4, 0.5) is 0 Å². The van der Waals surface area contributed by atoms with Crippen LogP contribution in [0, 0.1) is 0 Å². The van der Waals surface area contributed by atoms with Crippen LogP contribution in [0.5, 0.6) is 0 Å². The number of halogens is 2. The van der Waals surface area contributed by atoms with E-state index >= 15 is 0 Å². The highest BCUT2D eigenvalue weighted by Crippen LogP contribution is 2.13. The molecule has 0 aromatic carbocycles. The molecule has 19 heavy (non-hydrogen) atoms. The van der Waals surface area contributed by atoms with E-state index in [4.69, 9.17) is 4.42 Å². The molecule has 4 nitrogen and oxygen atoms in total. The maximum absolute atomic E-state index is 11.6. The predicted octanol–water partition coefficient (Wildman–Crippen LogP) is 3.07. The molecule has 0 saturated carbocycles. The van der Waals surface area contributed by atoms with Gasteiger partial charge >= 0.3 is 0 Å². The van der Waals surface area contributed by atoms with Gasteiger partial charge in [-0.2, -0.15) is 0 Å². The minimum absolute atomic E-state index is 0. The van der Waals surface area contributed by atoms with E-state index in [0.717, 1.165) is 19.4 Å². The fraction of sp³-hybridized carbons (Fsp3) is 0.615. The monoisotopic (exact) mass is 350 g/mol. The Morgan fingerprint density at radius 3 is 2.68 bits per heavy atom. The van der Waals surface area contributed by atoms with Crippen molar-refractivity contribution in [3.8, 4) is 0 Å². The van der Waals surface area contributed by atoms with Crippen molar-refractivity contribution in [2.24, 2.45) is 0 Å². The zero-order chi connectivity index (χ0) is 12.8. The van der Waals surface area contributed by atoms with Gasteiger partial charge in [-0.1, -0.05) is 0 Å². The summed E-state index contributed by atoms with van der Waals surface area (Å²) < 4.78 is 5.76. The molecule has 1 aliphatic heterocycles. The molecule has 2 rings (SSSR count). The number of rotatable bonds is 6. The summed E-state index contributed by atoms with van der Waals surface area (Å²) in [7, 11) is 0. The van der Waals surface area contributed by atoms with Crippen LogP contribution < -0.4 is 5.32 Å². The van der Waals surface area contributed by atoms with E-state index in [-0.39, 0.29) is 18.3 Å². The lowest BCUT2D eigenvalue weighted by Gasteiger charge is -2.13. The topological polar surface area (TPSA) is 45.5 Å². The lowest BCUT2D eigenvalue weighted by molar-refractivity contribution is 0.0923. The van der Waals surface area contributed by atoms with Gasteiger partial charge in [-0.25, -0.2) is 0 Å². The number of nitrogens with one attached hydrogen (secondary N) is 1. The van der Waals surface area contributed by atoms with Crippen molar-refractivity contribution < 1.29 is 9.21 Å². The number of hydrogen-bond donors (Lipinski definition) is 1. The fourth-order valence-electron chi connectivity index (χ4n) is 2.19. The summed E-state index contributed by atoms with van der Waals surface area (Å²) in [6, 6.07) is 3.39. The minimum Gasteiger partial charge on any atom is -0.444 e. The molecular formula is C13H20BrClN2O2. The average Bonchev–Trinajstić information content (AvgIpc) is 2.99. The van der Waals surface area contributed by atoms with Crippen LogP contribution in [-0.4, -0.2) is 37.0 Å². The molecule has 1 aliphatic rings. The largest absolute Gasteiger partial charge is 0.444 e. The van der Waals surface area contributed by atoms with Gasteiger partial charge < -0.3 is 14.6 Å². The Bertz CT molecular complexity index is 392. The van der Waals surface area contributed by atoms with Gasteiger partial charge in [-0.3, -0.25) is 4.79 Å². The molecule has 0 aliphatic carbocycles. The van der Waals surface area contributed by atoms with E-state index in [2.05, 4.69) is 26.1 Å². The van der Waals surface area contributed by atoms with E-state index in [1.807, 2.05) is 0 Å². The maximum Gasteiger partial charge on any atom is 0.287 e. The molecule has 0 atom stereocenters. The number of carbonyl (C=O) groups is 1. The number of hydrogen-bond acceptors (Lipinski definition) is 3. The van der Waals surface area contributed by atoms with Crippen LogP contribution in [0.3, 0.4) is 0 Å². The summed E-state index contributed by atoms with van der Waals surface area (Å²) >= 11 is 3.18. The van der Waals surface area contributed by atoms with Crippen molar-refractivity contribution in [2.75, 3.05) is 26.2 Å². The third-order valence-corrected chi connectivity index (χ3v) is 3.61. The van der Waals surface area contributed by atoms with Crippen LogP contribution >= 0.6 is 28.3 Å². The predicted molar refractivity (Wildman–Crippen MR) is 80.9 cm³/mol. The smallest absolute Gasteiger partial charge is 0.287 e. The molecule has 108 valence electrons. The Morgan fingerprint density at radius 2 is 2.05 bits per heavy atom. The Labute approximate surface area is 128 Å². The summed E-state index contributed by atoms with van der Waals surface area (Å²) in [4.78, 5) is 14.1. The maximum atomic E-state index is 11.6. The van der Waals surface area contributed by atoms with Crippen LogP contribution in [0.1, 0.15) is 36.2 Å². The van der Waals surface area contributed by atoms with Gasteiger partial charge in [0.1, 0.15) is 0 Å². The molecule has 1 fully saturated rings. The third kappa shape index (κ3) is 5.55. The molecule has 0 bridgehead atoms. The molecule has 1 aromatic rings. The number of carbonyl (C=O) groups excluding carboxylic acids is 1. The minimum atomic E-state index is -0.137. The third-order valence-electron chi connectivity index (χ3n) is 3.18. The first-order chi connectivity index (χ1) is 8.75. The molecule has 0 unspecified atom stereocenters. The van der Waals surface area contributed by atoms with E-state index in [1.54, 1.807) is 12.1 Å². The van der Waals surface area contributed by atoms with Gasteiger partial charge in [-0.15, -0.1) is 12.4 Å². The molecule has 0 spiro atoms. The highest BCUT2D eigenvalue weighted by molar-refractivity contribution is 9.10. The quantitative estimate of drug-likeness (QED) is 0.801. The zero-order valence-corrected chi connectivity index (χ0v) is 13.3. The van der Waals surface area contributed by atoms with Crippen molar-refractivity contribution in [1.29, 1.82) is 0 Å². The van der Waals surface area contributed by atoms with Gasteiger partial charge in [-0.05, 0) is 73.4 Å². The number of amides is 1. The molecule has 6 heteroatoms. The van der Waals surface area contributed by atoms with Gasteiger partial charge in [0.25, 0.3) is 5.91 Å². The van der Waals surface area contributed by atoms with Crippen molar-refractivity contribution >= 4 is 34.2 Å². The van der Waals surface area contributed by atoms with Crippen molar-refractivity contribution in [2.45, 2.75) is 25.7 Å². The van der Waals surface area contributed by atoms with E-state index in [9.17, 15) is 4.79 Å². The first-order valence-electron chi connectivity index (χ1n) is 6.51. The summed E-state index contributed by atoms with van der Waals surface area (Å²) in [6.07, 6.45) is 4.83. The normalized spacial score (nSPS) is 15.2. The highest BCUT2D eigenvalue weighted by Gasteiger charge is 2.11. The summed E-state index contributed by atoms with van der Waals surface area (Å²) in [6.45, 7) is 4.35. The number of nitrogens with zero attached hydrogens (tertiary/aromatic N) is 1. The second kappa shape index (κ2) is 8.61. The van der Waals surface area contributed by atoms with Crippen LogP contribution in [0.15, 0.2) is 21.2 Å². The Kier molecular flexibility index (Phi) is 7.49. The molecule has 1 aromatic heterocycles. The number of unbranched alkanes of at least 4 members (excludes halogenated alkanes) is 1. The second-order valence-electron chi connectivity index (χ2n) is 4.62. The number of likely N-dealkylation sites (tertiary alicyclic amines) is 1. The van der Waals surface area contributed by atoms with Gasteiger partial charge in [0.05, 0.1) is 0 Å². The van der Waals surface area contributed by atoms with Crippen LogP contribution in [-0.2, 0) is 0 Å². The SMILES string of the molecule is Cl.O=C(NCCCCN1CCCC1)c1ccc(Br)o1. The average molecular weight is 352 g/mol. The van der Waals surface area contributed by atoms with Gasteiger partial charge in [0.15, 0.2) is 10.4 Å². The Hall–Kier alpha value is -0.520. The molecule has 1 amide bonds. The van der Waals surface area contributed by atoms with Crippen LogP contribution in [0.2, 0.25) is 0 Å². The Balaban J connectivity index is 0.00000180. The summed E-state index contributed by atoms with van der Waals surface area (Å²) in [5.41, 5.74) is 0. The van der Waals surface area contributed by atoms with Crippen LogP contribution in [0.25, 0.3) is 0 Å². The summed E-state index contributed by atoms with van der Waals surface area (Å²) in [5, 5.41) is 2.87. The standard InChI is InChI=1S/C13H19BrN2O2.ClH/c14-12-6-5-11(18-12)13(17)15-7-1-2-8-16-9-3-4-10-16;/h5-6H,1-4,7-10H2,(H,15,17);1H. The first-order valence-corrected chi connectivity index (χ1v) is 7.31. The van der Waals surface area contributed by atoms with E-state index in [1.165, 1.54) is 25.9 Å². The highest BCUT2D eigenvalue weighted by atomic mass is 79.9. The van der Waals surface area contributed by atoms with E-state index in [0.29, 0.717) is 17.0 Å². The number of furan rings is 1. The molecule has 1 N–H and O–H groups in total. The molecule has 0 radical (unpaired) electrons. The summed E-state index contributed by atoms with van der Waals surface area (Å²) in [5.74, 6) is 0.225. The van der Waals surface area contributed by atoms with E-state index < -0.39 is 0 Å². The van der Waals surface area contributed by atoms with Crippen molar-refractivity contribution in [3.63, 3.8) is 0 Å². The second-order valence-corrected chi connectivity index (χ2v) is 5.40. The molecular weight excluding hydrogens is 332 g/mol. The van der Waals surface area contributed by atoms with Gasteiger partial charge in [0, 0.05) is 6.54 Å². The first kappa shape index (κ1) is 16.5. The molecule has 1 saturated heterocycles. The van der Waals surface area contributed by atoms with Crippen molar-refractivity contribution in [1.82, 2.24) is 10.2 Å².